The van der Waals surface area contributed by atoms with Gasteiger partial charge in [0.2, 0.25) is 11.8 Å². The quantitative estimate of drug-likeness (QED) is 0.100. The molecule has 2 aromatic heterocycles. The zero-order valence-corrected chi connectivity index (χ0v) is 28.6. The molecule has 1 aliphatic heterocycles. The van der Waals surface area contributed by atoms with Crippen LogP contribution < -0.4 is 20.1 Å². The Morgan fingerprint density at radius 3 is 2.15 bits per heavy atom. The van der Waals surface area contributed by atoms with E-state index >= 15 is 0 Å². The number of nitrogens with one attached hydrogen (secondary N) is 2. The highest BCUT2D eigenvalue weighted by Gasteiger charge is 2.25. The fraction of sp³-hybridized carbons (Fsp3) is 0.256. The Morgan fingerprint density at radius 2 is 1.46 bits per heavy atom. The molecule has 3 aromatic carbocycles. The van der Waals surface area contributed by atoms with Crippen molar-refractivity contribution in [3.8, 4) is 11.8 Å². The van der Waals surface area contributed by atoms with Gasteiger partial charge in [-0.2, -0.15) is 0 Å². The van der Waals surface area contributed by atoms with Crippen LogP contribution in [-0.2, 0) is 4.79 Å². The zero-order valence-electron chi connectivity index (χ0n) is 27.1. The molecule has 0 saturated heterocycles. The number of ketones is 1. The van der Waals surface area contributed by atoms with Crippen LogP contribution in [0.3, 0.4) is 0 Å². The Kier molecular flexibility index (Phi) is 10.8. The lowest BCUT2D eigenvalue weighted by Crippen LogP contribution is -2.14. The van der Waals surface area contributed by atoms with Gasteiger partial charge in [0.15, 0.2) is 5.78 Å². The van der Waals surface area contributed by atoms with Gasteiger partial charge < -0.3 is 20.1 Å². The predicted molar refractivity (Wildman–Crippen MR) is 197 cm³/mol. The molecule has 7 nitrogen and oxygen atoms in total. The highest BCUT2D eigenvalue weighted by Crippen LogP contribution is 2.39. The van der Waals surface area contributed by atoms with Gasteiger partial charge in [-0.3, -0.25) is 4.79 Å². The number of halogens is 2. The van der Waals surface area contributed by atoms with Crippen LogP contribution in [-0.4, -0.2) is 29.0 Å². The molecule has 246 valence electrons. The summed E-state index contributed by atoms with van der Waals surface area (Å²) in [5.41, 5.74) is 5.69. The lowest BCUT2D eigenvalue weighted by atomic mass is 10.0. The van der Waals surface area contributed by atoms with Crippen molar-refractivity contribution < 1.29 is 14.3 Å². The normalized spacial score (nSPS) is 15.2. The molecule has 0 saturated carbocycles. The molecule has 5 aromatic rings. The fourth-order valence-corrected chi connectivity index (χ4v) is 5.91. The monoisotopic (exact) mass is 680 g/mol. The van der Waals surface area contributed by atoms with Crippen LogP contribution in [0.1, 0.15) is 63.1 Å². The van der Waals surface area contributed by atoms with Crippen molar-refractivity contribution in [1.82, 2.24) is 9.97 Å². The number of hydrogen-bond donors (Lipinski definition) is 2. The summed E-state index contributed by atoms with van der Waals surface area (Å²) in [6.07, 6.45) is 9.27. The minimum atomic E-state index is -0.233. The first-order valence-corrected chi connectivity index (χ1v) is 17.2. The summed E-state index contributed by atoms with van der Waals surface area (Å²) in [7, 11) is 0. The van der Waals surface area contributed by atoms with Crippen LogP contribution >= 0.6 is 23.2 Å². The van der Waals surface area contributed by atoms with E-state index in [4.69, 9.17) is 42.6 Å². The van der Waals surface area contributed by atoms with Crippen molar-refractivity contribution in [3.63, 3.8) is 0 Å². The number of ether oxygens (including phenoxy) is 2. The second-order valence-electron chi connectivity index (χ2n) is 11.8. The fourth-order valence-electron chi connectivity index (χ4n) is 5.58. The van der Waals surface area contributed by atoms with Gasteiger partial charge in [0.1, 0.15) is 0 Å². The number of benzene rings is 3. The number of allylic oxidation sites excluding steroid dienone is 2. The number of carbonyl (C=O) groups is 1. The van der Waals surface area contributed by atoms with Gasteiger partial charge in [-0.1, -0.05) is 74.2 Å². The first kappa shape index (κ1) is 33.3. The van der Waals surface area contributed by atoms with Crippen molar-refractivity contribution >= 4 is 68.2 Å². The maximum atomic E-state index is 13.5. The van der Waals surface area contributed by atoms with E-state index in [9.17, 15) is 4.79 Å². The van der Waals surface area contributed by atoms with E-state index in [0.717, 1.165) is 75.7 Å². The minimum absolute atomic E-state index is 0.169. The summed E-state index contributed by atoms with van der Waals surface area (Å²) in [4.78, 5) is 23.1. The third-order valence-corrected chi connectivity index (χ3v) is 8.58. The average Bonchev–Trinajstić information content (AvgIpc) is 3.26. The number of rotatable bonds is 12. The number of aromatic nitrogens is 2. The molecule has 1 aliphatic rings. The van der Waals surface area contributed by atoms with Crippen molar-refractivity contribution in [2.75, 3.05) is 23.8 Å². The molecule has 48 heavy (non-hydrogen) atoms. The third-order valence-electron chi connectivity index (χ3n) is 8.11. The number of fused-ring (bicyclic) bond motifs is 3. The van der Waals surface area contributed by atoms with Gasteiger partial charge in [0.05, 0.1) is 41.7 Å². The number of para-hydroxylation sites is 2. The Morgan fingerprint density at radius 1 is 0.833 bits per heavy atom. The van der Waals surface area contributed by atoms with Crippen molar-refractivity contribution in [3.05, 3.63) is 112 Å². The van der Waals surface area contributed by atoms with Crippen molar-refractivity contribution in [2.24, 2.45) is 0 Å². The molecular formula is C39H38Cl2N4O3. The average molecular weight is 682 g/mol. The van der Waals surface area contributed by atoms with Crippen molar-refractivity contribution in [2.45, 2.75) is 52.0 Å². The molecule has 0 bridgehead atoms. The van der Waals surface area contributed by atoms with Crippen LogP contribution in [0.4, 0.5) is 11.4 Å². The molecule has 9 heteroatoms. The second kappa shape index (κ2) is 15.5. The maximum Gasteiger partial charge on any atom is 0.221 e. The van der Waals surface area contributed by atoms with Crippen LogP contribution in [0.5, 0.6) is 11.8 Å². The largest absolute Gasteiger partial charge is 0.477 e. The number of anilines is 2. The summed E-state index contributed by atoms with van der Waals surface area (Å²) in [5.74, 6) is 0.861. The van der Waals surface area contributed by atoms with E-state index < -0.39 is 0 Å². The van der Waals surface area contributed by atoms with E-state index in [0.29, 0.717) is 41.4 Å². The number of carbonyl (C=O) groups excluding carboxylic acids is 1. The number of nitrogens with zero attached hydrogens (tertiary/aromatic N) is 2. The van der Waals surface area contributed by atoms with E-state index in [1.807, 2.05) is 66.7 Å². The molecule has 3 heterocycles. The SMILES string of the molecule is CCCCOc1nc2cc(Cl)ccc2cc1/C=C/C(=O)/C=C1/CC(c2cc3ccc(Cl)cc3nc2OCCCC)Nc2ccccc2N1. The molecule has 2 N–H and O–H groups in total. The van der Waals surface area contributed by atoms with E-state index in [-0.39, 0.29) is 11.8 Å². The molecule has 6 rings (SSSR count). The lowest BCUT2D eigenvalue weighted by Gasteiger charge is -2.21. The first-order chi connectivity index (χ1) is 23.4. The molecule has 0 amide bonds. The van der Waals surface area contributed by atoms with Gasteiger partial charge in [0.25, 0.3) is 0 Å². The number of unbranched alkanes of at least 4 members (excludes halogenated alkanes) is 2. The first-order valence-electron chi connectivity index (χ1n) is 16.4. The molecule has 1 atom stereocenters. The molecular weight excluding hydrogens is 643 g/mol. The summed E-state index contributed by atoms with van der Waals surface area (Å²) < 4.78 is 12.3. The molecule has 0 fully saturated rings. The van der Waals surface area contributed by atoms with Gasteiger partial charge in [0, 0.05) is 50.1 Å². The molecule has 0 aliphatic carbocycles. The smallest absolute Gasteiger partial charge is 0.221 e. The Balaban J connectivity index is 1.33. The highest BCUT2D eigenvalue weighted by molar-refractivity contribution is 6.31. The highest BCUT2D eigenvalue weighted by atomic mass is 35.5. The molecule has 1 unspecified atom stereocenters. The number of hydrogen-bond acceptors (Lipinski definition) is 7. The topological polar surface area (TPSA) is 85.4 Å². The van der Waals surface area contributed by atoms with Gasteiger partial charge in [-0.25, -0.2) is 9.97 Å². The Hall–Kier alpha value is -4.59. The van der Waals surface area contributed by atoms with Gasteiger partial charge in [-0.15, -0.1) is 0 Å². The van der Waals surface area contributed by atoms with Crippen LogP contribution in [0.25, 0.3) is 27.9 Å². The van der Waals surface area contributed by atoms with E-state index in [2.05, 4.69) is 30.5 Å². The van der Waals surface area contributed by atoms with Gasteiger partial charge >= 0.3 is 0 Å². The molecule has 0 spiro atoms. The third kappa shape index (κ3) is 8.09. The summed E-state index contributed by atoms with van der Waals surface area (Å²) in [6, 6.07) is 23.0. The predicted octanol–water partition coefficient (Wildman–Crippen LogP) is 10.6. The zero-order chi connectivity index (χ0) is 33.5. The summed E-state index contributed by atoms with van der Waals surface area (Å²) >= 11 is 12.5. The molecule has 0 radical (unpaired) electrons. The van der Waals surface area contributed by atoms with Gasteiger partial charge in [-0.05, 0) is 73.5 Å². The minimum Gasteiger partial charge on any atom is -0.477 e. The second-order valence-corrected chi connectivity index (χ2v) is 12.7. The lowest BCUT2D eigenvalue weighted by molar-refractivity contribution is -0.110. The van der Waals surface area contributed by atoms with E-state index in [1.165, 1.54) is 0 Å². The van der Waals surface area contributed by atoms with Crippen LogP contribution in [0.2, 0.25) is 10.0 Å². The van der Waals surface area contributed by atoms with Crippen LogP contribution in [0, 0.1) is 0 Å². The Labute approximate surface area is 291 Å². The summed E-state index contributed by atoms with van der Waals surface area (Å²) in [6.45, 7) is 5.32. The standard InChI is InChI=1S/C39H38Cl2N4O3/c1-3-5-17-47-38-27(19-25-11-14-28(40)21-35(25)44-38)13-16-31(46)23-30-24-37(43-34-10-8-7-9-33(34)42-30)32-20-26-12-15-29(41)22-36(26)45-39(32)48-18-6-4-2/h7-16,19-23,37,42-43H,3-6,17-18,24H2,1-2H3/b16-13+,30-23-. The van der Waals surface area contributed by atoms with Crippen molar-refractivity contribution in [1.29, 1.82) is 0 Å². The maximum absolute atomic E-state index is 13.5. The van der Waals surface area contributed by atoms with E-state index in [1.54, 1.807) is 18.2 Å². The number of pyridine rings is 2. The van der Waals surface area contributed by atoms with Crippen LogP contribution in [0.15, 0.2) is 90.6 Å². The summed E-state index contributed by atoms with van der Waals surface area (Å²) in [5, 5.41) is 10.3. The Bertz CT molecular complexity index is 2010.